The fourth-order valence-corrected chi connectivity index (χ4v) is 4.38. The quantitative estimate of drug-likeness (QED) is 0.793. The molecule has 28 heavy (non-hydrogen) atoms. The van der Waals surface area contributed by atoms with Gasteiger partial charge in [-0.25, -0.2) is 8.42 Å². The average molecular weight is 401 g/mol. The van der Waals surface area contributed by atoms with Gasteiger partial charge < -0.3 is 5.32 Å². The number of sulfone groups is 1. The molecule has 1 aliphatic carbocycles. The number of carbonyl (C=O) groups excluding carboxylic acids is 1. The first kappa shape index (κ1) is 20.6. The first-order valence-corrected chi connectivity index (χ1v) is 11.6. The van der Waals surface area contributed by atoms with Crippen LogP contribution in [0.1, 0.15) is 48.0 Å². The maximum absolute atomic E-state index is 12.6. The van der Waals surface area contributed by atoms with Gasteiger partial charge in [0, 0.05) is 30.1 Å². The number of anilines is 1. The minimum atomic E-state index is -3.27. The van der Waals surface area contributed by atoms with Gasteiger partial charge in [0.25, 0.3) is 5.91 Å². The highest BCUT2D eigenvalue weighted by atomic mass is 32.2. The topological polar surface area (TPSA) is 66.5 Å². The molecule has 5 nitrogen and oxygen atoms in total. The predicted molar refractivity (Wildman–Crippen MR) is 112 cm³/mol. The molecule has 0 atom stereocenters. The van der Waals surface area contributed by atoms with Crippen LogP contribution in [0.3, 0.4) is 0 Å². The summed E-state index contributed by atoms with van der Waals surface area (Å²) in [5.41, 5.74) is 2.31. The molecule has 0 aliphatic heterocycles. The molecule has 2 aromatic rings. The highest BCUT2D eigenvalue weighted by Gasteiger charge is 2.19. The van der Waals surface area contributed by atoms with E-state index in [1.807, 2.05) is 24.3 Å². The van der Waals surface area contributed by atoms with Crippen molar-refractivity contribution in [1.82, 2.24) is 4.90 Å². The molecule has 0 spiro atoms. The summed E-state index contributed by atoms with van der Waals surface area (Å²) < 4.78 is 23.2. The van der Waals surface area contributed by atoms with Crippen molar-refractivity contribution in [2.75, 3.05) is 18.6 Å². The molecule has 0 unspecified atom stereocenters. The first-order valence-electron chi connectivity index (χ1n) is 9.74. The van der Waals surface area contributed by atoms with Crippen LogP contribution < -0.4 is 5.32 Å². The number of nitrogens with zero attached hydrogens (tertiary/aromatic N) is 1. The van der Waals surface area contributed by atoms with Gasteiger partial charge in [-0.3, -0.25) is 9.69 Å². The molecule has 0 aromatic heterocycles. The Bertz CT molecular complexity index is 917. The SMILES string of the molecule is CN(Cc1ccccc1NC(=O)c1ccc(S(C)(=O)=O)cc1)C1CCCCC1. The van der Waals surface area contributed by atoms with Gasteiger partial charge in [-0.05, 0) is 55.8 Å². The molecule has 2 aromatic carbocycles. The molecule has 1 N–H and O–H groups in total. The largest absolute Gasteiger partial charge is 0.322 e. The molecule has 0 bridgehead atoms. The van der Waals surface area contributed by atoms with E-state index in [9.17, 15) is 13.2 Å². The van der Waals surface area contributed by atoms with E-state index in [2.05, 4.69) is 17.3 Å². The third-order valence-corrected chi connectivity index (χ3v) is 6.56. The summed E-state index contributed by atoms with van der Waals surface area (Å²) in [5, 5.41) is 2.98. The molecule has 1 fully saturated rings. The normalized spacial score (nSPS) is 15.5. The van der Waals surface area contributed by atoms with Crippen molar-refractivity contribution < 1.29 is 13.2 Å². The van der Waals surface area contributed by atoms with Crippen molar-refractivity contribution in [3.63, 3.8) is 0 Å². The number of hydrogen-bond donors (Lipinski definition) is 1. The molecule has 1 saturated carbocycles. The number of rotatable bonds is 6. The standard InChI is InChI=1S/C22H28N2O3S/c1-24(19-9-4-3-5-10-19)16-18-8-6-7-11-21(18)23-22(25)17-12-14-20(15-13-17)28(2,26)27/h6-8,11-15,19H,3-5,9-10,16H2,1-2H3,(H,23,25). The molecule has 0 radical (unpaired) electrons. The smallest absolute Gasteiger partial charge is 0.255 e. The van der Waals surface area contributed by atoms with Crippen LogP contribution in [-0.2, 0) is 16.4 Å². The van der Waals surface area contributed by atoms with Crippen LogP contribution >= 0.6 is 0 Å². The number of hydrogen-bond acceptors (Lipinski definition) is 4. The second kappa shape index (κ2) is 8.88. The molecule has 1 aliphatic rings. The van der Waals surface area contributed by atoms with Gasteiger partial charge in [-0.2, -0.15) is 0 Å². The summed E-state index contributed by atoms with van der Waals surface area (Å²) in [5.74, 6) is -0.243. The lowest BCUT2D eigenvalue weighted by Crippen LogP contribution is -2.33. The maximum atomic E-state index is 12.6. The van der Waals surface area contributed by atoms with Crippen LogP contribution in [-0.4, -0.2) is 38.6 Å². The summed E-state index contributed by atoms with van der Waals surface area (Å²) in [6.45, 7) is 0.786. The van der Waals surface area contributed by atoms with Crippen molar-refractivity contribution in [2.45, 2.75) is 49.6 Å². The third-order valence-electron chi connectivity index (χ3n) is 5.43. The summed E-state index contributed by atoms with van der Waals surface area (Å²) in [6, 6.07) is 14.5. The van der Waals surface area contributed by atoms with Crippen molar-refractivity contribution in [1.29, 1.82) is 0 Å². The van der Waals surface area contributed by atoms with E-state index in [1.54, 1.807) is 12.1 Å². The Hall–Kier alpha value is -2.18. The van der Waals surface area contributed by atoms with Gasteiger partial charge >= 0.3 is 0 Å². The summed E-state index contributed by atoms with van der Waals surface area (Å²) in [7, 11) is -1.12. The fourth-order valence-electron chi connectivity index (χ4n) is 3.75. The number of para-hydroxylation sites is 1. The van der Waals surface area contributed by atoms with E-state index >= 15 is 0 Å². The van der Waals surface area contributed by atoms with E-state index in [-0.39, 0.29) is 10.8 Å². The minimum Gasteiger partial charge on any atom is -0.322 e. The van der Waals surface area contributed by atoms with Crippen LogP contribution in [0, 0.1) is 0 Å². The van der Waals surface area contributed by atoms with E-state index in [4.69, 9.17) is 0 Å². The molecule has 0 heterocycles. The number of benzene rings is 2. The Labute approximate surface area is 167 Å². The van der Waals surface area contributed by atoms with Crippen LogP contribution in [0.15, 0.2) is 53.4 Å². The van der Waals surface area contributed by atoms with E-state index in [0.29, 0.717) is 11.6 Å². The third kappa shape index (κ3) is 5.20. The van der Waals surface area contributed by atoms with Crippen molar-refractivity contribution in [3.05, 3.63) is 59.7 Å². The van der Waals surface area contributed by atoms with Gasteiger partial charge in [-0.1, -0.05) is 37.5 Å². The van der Waals surface area contributed by atoms with Crippen LogP contribution in [0.25, 0.3) is 0 Å². The maximum Gasteiger partial charge on any atom is 0.255 e. The number of amides is 1. The summed E-state index contributed by atoms with van der Waals surface area (Å²) in [6.07, 6.45) is 7.53. The lowest BCUT2D eigenvalue weighted by atomic mass is 9.94. The lowest BCUT2D eigenvalue weighted by molar-refractivity contribution is 0.102. The van der Waals surface area contributed by atoms with Gasteiger partial charge in [0.05, 0.1) is 4.90 Å². The zero-order chi connectivity index (χ0) is 20.1. The Morgan fingerprint density at radius 2 is 1.68 bits per heavy atom. The molecule has 6 heteroatoms. The van der Waals surface area contributed by atoms with Crippen LogP contribution in [0.2, 0.25) is 0 Å². The number of nitrogens with one attached hydrogen (secondary N) is 1. The fraction of sp³-hybridized carbons (Fsp3) is 0.409. The highest BCUT2D eigenvalue weighted by Crippen LogP contribution is 2.25. The Kier molecular flexibility index (Phi) is 6.52. The van der Waals surface area contributed by atoms with E-state index in [0.717, 1.165) is 24.1 Å². The Morgan fingerprint density at radius 3 is 2.32 bits per heavy atom. The summed E-state index contributed by atoms with van der Waals surface area (Å²) >= 11 is 0. The molecule has 3 rings (SSSR count). The van der Waals surface area contributed by atoms with Gasteiger partial charge in [-0.15, -0.1) is 0 Å². The second-order valence-electron chi connectivity index (χ2n) is 7.61. The van der Waals surface area contributed by atoms with Crippen molar-refractivity contribution in [3.8, 4) is 0 Å². The lowest BCUT2D eigenvalue weighted by Gasteiger charge is -2.31. The molecule has 0 saturated heterocycles. The first-order chi connectivity index (χ1) is 13.3. The predicted octanol–water partition coefficient (Wildman–Crippen LogP) is 4.11. The Morgan fingerprint density at radius 1 is 1.04 bits per heavy atom. The van der Waals surface area contributed by atoms with E-state index < -0.39 is 9.84 Å². The van der Waals surface area contributed by atoms with Crippen LogP contribution in [0.5, 0.6) is 0 Å². The minimum absolute atomic E-state index is 0.207. The average Bonchev–Trinajstić information content (AvgIpc) is 2.69. The Balaban J connectivity index is 1.71. The monoisotopic (exact) mass is 400 g/mol. The van der Waals surface area contributed by atoms with Gasteiger partial charge in [0.1, 0.15) is 0 Å². The zero-order valence-electron chi connectivity index (χ0n) is 16.5. The van der Waals surface area contributed by atoms with E-state index in [1.165, 1.54) is 44.2 Å². The van der Waals surface area contributed by atoms with Gasteiger partial charge in [0.2, 0.25) is 0 Å². The van der Waals surface area contributed by atoms with Crippen molar-refractivity contribution in [2.24, 2.45) is 0 Å². The summed E-state index contributed by atoms with van der Waals surface area (Å²) in [4.78, 5) is 15.2. The molecule has 150 valence electrons. The molecular formula is C22H28N2O3S. The second-order valence-corrected chi connectivity index (χ2v) is 9.63. The molecular weight excluding hydrogens is 372 g/mol. The van der Waals surface area contributed by atoms with Crippen LogP contribution in [0.4, 0.5) is 5.69 Å². The van der Waals surface area contributed by atoms with Gasteiger partial charge in [0.15, 0.2) is 9.84 Å². The number of carbonyl (C=O) groups is 1. The van der Waals surface area contributed by atoms with Crippen molar-refractivity contribution >= 4 is 21.4 Å². The highest BCUT2D eigenvalue weighted by molar-refractivity contribution is 7.90. The molecule has 1 amide bonds. The zero-order valence-corrected chi connectivity index (χ0v) is 17.3.